The van der Waals surface area contributed by atoms with E-state index in [1.807, 2.05) is 6.20 Å². The van der Waals surface area contributed by atoms with E-state index in [0.29, 0.717) is 20.4 Å². The summed E-state index contributed by atoms with van der Waals surface area (Å²) in [5.74, 6) is 0.529. The molecule has 0 unspecified atom stereocenters. The molecule has 0 fully saturated rings. The van der Waals surface area contributed by atoms with E-state index in [1.54, 1.807) is 0 Å². The number of benzene rings is 2. The maximum atomic E-state index is 4.64. The third-order valence-electron chi connectivity index (χ3n) is 4.13. The normalized spacial score (nSPS) is 11.6. The van der Waals surface area contributed by atoms with Gasteiger partial charge in [-0.25, -0.2) is 0 Å². The first-order valence-electron chi connectivity index (χ1n) is 7.60. The van der Waals surface area contributed by atoms with Crippen LogP contribution in [0.4, 0.5) is 0 Å². The quantitative estimate of drug-likeness (QED) is 0.451. The molecular formula is C20H17NSe. The fraction of sp³-hybridized carbons (Fsp3) is 0.150. The van der Waals surface area contributed by atoms with Crippen LogP contribution in [0.3, 0.4) is 0 Å². The van der Waals surface area contributed by atoms with Crippen molar-refractivity contribution in [2.75, 3.05) is 0 Å². The standard InChI is InChI=1S/C20H17NSe/c1-13(2)14-10-11-21-18(12-14)17-8-5-7-16-15-6-3-4-9-19(15)22-20(16)17/h3-13H,1-2H3. The number of aromatic nitrogens is 1. The zero-order valence-corrected chi connectivity index (χ0v) is 14.4. The van der Waals surface area contributed by atoms with Crippen LogP contribution in [0.5, 0.6) is 0 Å². The van der Waals surface area contributed by atoms with E-state index in [9.17, 15) is 0 Å². The number of hydrogen-bond donors (Lipinski definition) is 0. The predicted octanol–water partition coefficient (Wildman–Crippen LogP) is 5.24. The first-order valence-corrected chi connectivity index (χ1v) is 9.32. The van der Waals surface area contributed by atoms with Gasteiger partial charge in [0.1, 0.15) is 0 Å². The van der Waals surface area contributed by atoms with Gasteiger partial charge in [-0.15, -0.1) is 0 Å². The second-order valence-corrected chi connectivity index (χ2v) is 8.12. The van der Waals surface area contributed by atoms with Gasteiger partial charge in [-0.1, -0.05) is 0 Å². The Morgan fingerprint density at radius 2 is 1.73 bits per heavy atom. The van der Waals surface area contributed by atoms with E-state index < -0.39 is 0 Å². The molecular weight excluding hydrogens is 333 g/mol. The number of hydrogen-bond acceptors (Lipinski definition) is 1. The van der Waals surface area contributed by atoms with Gasteiger partial charge in [0.25, 0.3) is 0 Å². The van der Waals surface area contributed by atoms with Crippen LogP contribution in [0.15, 0.2) is 60.8 Å². The minimum atomic E-state index is 0.373. The van der Waals surface area contributed by atoms with Gasteiger partial charge in [-0.3, -0.25) is 0 Å². The third-order valence-corrected chi connectivity index (χ3v) is 6.69. The molecule has 0 spiro atoms. The second kappa shape index (κ2) is 5.39. The molecule has 0 amide bonds. The molecule has 2 aromatic carbocycles. The summed E-state index contributed by atoms with van der Waals surface area (Å²) in [6.45, 7) is 4.46. The number of pyridine rings is 1. The molecule has 0 saturated carbocycles. The van der Waals surface area contributed by atoms with Crippen LogP contribution in [0.1, 0.15) is 25.3 Å². The van der Waals surface area contributed by atoms with Gasteiger partial charge in [0, 0.05) is 0 Å². The molecule has 108 valence electrons. The molecule has 0 radical (unpaired) electrons. The average Bonchev–Trinajstić information content (AvgIpc) is 2.93. The third kappa shape index (κ3) is 2.20. The van der Waals surface area contributed by atoms with Gasteiger partial charge in [-0.2, -0.15) is 0 Å². The van der Waals surface area contributed by atoms with Crippen LogP contribution >= 0.6 is 0 Å². The molecule has 0 N–H and O–H groups in total. The SMILES string of the molecule is CC(C)c1ccnc(-c2cccc3c2[se]c2ccccc23)c1. The van der Waals surface area contributed by atoms with Gasteiger partial charge in [0.15, 0.2) is 0 Å². The first kappa shape index (κ1) is 13.8. The molecule has 0 bridgehead atoms. The van der Waals surface area contributed by atoms with Crippen molar-refractivity contribution in [3.63, 3.8) is 0 Å². The maximum absolute atomic E-state index is 4.64. The van der Waals surface area contributed by atoms with E-state index in [1.165, 1.54) is 30.4 Å². The molecule has 22 heavy (non-hydrogen) atoms. The van der Waals surface area contributed by atoms with Crippen molar-refractivity contribution in [1.82, 2.24) is 4.98 Å². The molecule has 1 nitrogen and oxygen atoms in total. The predicted molar refractivity (Wildman–Crippen MR) is 95.7 cm³/mol. The van der Waals surface area contributed by atoms with Gasteiger partial charge in [-0.05, 0) is 0 Å². The van der Waals surface area contributed by atoms with Crippen LogP contribution in [0, 0.1) is 0 Å². The van der Waals surface area contributed by atoms with E-state index in [4.69, 9.17) is 0 Å². The topological polar surface area (TPSA) is 12.9 Å². The summed E-state index contributed by atoms with van der Waals surface area (Å²) < 4.78 is 2.96. The van der Waals surface area contributed by atoms with E-state index >= 15 is 0 Å². The van der Waals surface area contributed by atoms with Gasteiger partial charge in [0.2, 0.25) is 0 Å². The first-order chi connectivity index (χ1) is 10.7. The molecule has 0 aliphatic carbocycles. The molecule has 2 heterocycles. The van der Waals surface area contributed by atoms with Crippen molar-refractivity contribution in [2.24, 2.45) is 0 Å². The van der Waals surface area contributed by atoms with Crippen LogP contribution in [-0.2, 0) is 0 Å². The molecule has 4 rings (SSSR count). The second-order valence-electron chi connectivity index (χ2n) is 5.91. The number of fused-ring (bicyclic) bond motifs is 3. The van der Waals surface area contributed by atoms with Crippen molar-refractivity contribution in [1.29, 1.82) is 0 Å². The number of nitrogens with zero attached hydrogens (tertiary/aromatic N) is 1. The zero-order chi connectivity index (χ0) is 15.1. The Labute approximate surface area is 136 Å². The van der Waals surface area contributed by atoms with Crippen molar-refractivity contribution in [3.8, 4) is 11.3 Å². The summed E-state index contributed by atoms with van der Waals surface area (Å²) in [6, 6.07) is 19.8. The molecule has 4 aromatic rings. The summed E-state index contributed by atoms with van der Waals surface area (Å²) in [7, 11) is 0. The monoisotopic (exact) mass is 351 g/mol. The Bertz CT molecular complexity index is 966. The molecule has 2 aromatic heterocycles. The van der Waals surface area contributed by atoms with Crippen molar-refractivity contribution < 1.29 is 0 Å². The van der Waals surface area contributed by atoms with Crippen LogP contribution in [0.2, 0.25) is 0 Å². The van der Waals surface area contributed by atoms with Crippen LogP contribution in [-0.4, -0.2) is 19.5 Å². The Hall–Kier alpha value is -1.89. The van der Waals surface area contributed by atoms with Gasteiger partial charge in [0.05, 0.1) is 0 Å². The fourth-order valence-corrected chi connectivity index (χ4v) is 5.47. The summed E-state index contributed by atoms with van der Waals surface area (Å²) in [6.07, 6.45) is 1.94. The molecule has 0 saturated heterocycles. The van der Waals surface area contributed by atoms with Crippen molar-refractivity contribution >= 4 is 33.8 Å². The summed E-state index contributed by atoms with van der Waals surface area (Å²) >= 11 is 0.373. The fourth-order valence-electron chi connectivity index (χ4n) is 2.90. The van der Waals surface area contributed by atoms with Gasteiger partial charge >= 0.3 is 136 Å². The molecule has 2 heteroatoms. The van der Waals surface area contributed by atoms with Crippen molar-refractivity contribution in [2.45, 2.75) is 19.8 Å². The Kier molecular flexibility index (Phi) is 3.37. The molecule has 0 aliphatic heterocycles. The van der Waals surface area contributed by atoms with Crippen molar-refractivity contribution in [3.05, 3.63) is 66.4 Å². The summed E-state index contributed by atoms with van der Waals surface area (Å²) in [5.41, 5.74) is 3.76. The van der Waals surface area contributed by atoms with Crippen LogP contribution in [0.25, 0.3) is 30.6 Å². The van der Waals surface area contributed by atoms with Gasteiger partial charge < -0.3 is 0 Å². The number of rotatable bonds is 2. The average molecular weight is 350 g/mol. The Balaban J connectivity index is 2.01. The zero-order valence-electron chi connectivity index (χ0n) is 12.7. The van der Waals surface area contributed by atoms with E-state index in [-0.39, 0.29) is 0 Å². The summed E-state index contributed by atoms with van der Waals surface area (Å²) in [4.78, 5) is 4.64. The van der Waals surface area contributed by atoms with E-state index in [0.717, 1.165) is 5.69 Å². The molecule has 0 aliphatic rings. The Morgan fingerprint density at radius 3 is 2.59 bits per heavy atom. The van der Waals surface area contributed by atoms with E-state index in [2.05, 4.69) is 73.4 Å². The van der Waals surface area contributed by atoms with Crippen LogP contribution < -0.4 is 0 Å². The molecule has 0 atom stereocenters. The minimum absolute atomic E-state index is 0.373. The summed E-state index contributed by atoms with van der Waals surface area (Å²) in [5, 5.41) is 2.80. The Morgan fingerprint density at radius 1 is 0.909 bits per heavy atom.